The lowest BCUT2D eigenvalue weighted by Gasteiger charge is -2.46. The van der Waals surface area contributed by atoms with E-state index in [-0.39, 0.29) is 19.6 Å². The third-order valence-electron chi connectivity index (χ3n) is 7.14. The smallest absolute Gasteiger partial charge is 0.263 e. The van der Waals surface area contributed by atoms with Crippen molar-refractivity contribution in [2.24, 2.45) is 0 Å². The number of pyridine rings is 2. The van der Waals surface area contributed by atoms with Crippen LogP contribution in [0, 0.1) is 18.3 Å². The molecule has 5 heterocycles. The summed E-state index contributed by atoms with van der Waals surface area (Å²) in [7, 11) is 1.56. The Morgan fingerprint density at radius 2 is 2.00 bits per heavy atom. The average Bonchev–Trinajstić information content (AvgIpc) is 3.34. The van der Waals surface area contributed by atoms with E-state index < -0.39 is 11.6 Å². The van der Waals surface area contributed by atoms with Gasteiger partial charge >= 0.3 is 0 Å². The number of ether oxygens (including phenoxy) is 1. The van der Waals surface area contributed by atoms with Crippen molar-refractivity contribution in [3.63, 3.8) is 0 Å². The summed E-state index contributed by atoms with van der Waals surface area (Å²) in [6.45, 7) is 7.74. The number of halogens is 1. The number of amides is 1. The Balaban J connectivity index is 1.25. The van der Waals surface area contributed by atoms with Gasteiger partial charge in [-0.3, -0.25) is 14.5 Å². The lowest BCUT2D eigenvalue weighted by atomic mass is 9.93. The van der Waals surface area contributed by atoms with Crippen molar-refractivity contribution >= 4 is 23.5 Å². The van der Waals surface area contributed by atoms with Gasteiger partial charge in [-0.1, -0.05) is 6.58 Å². The van der Waals surface area contributed by atoms with Crippen molar-refractivity contribution < 1.29 is 18.7 Å². The van der Waals surface area contributed by atoms with Gasteiger partial charge in [0.2, 0.25) is 5.67 Å². The second kappa shape index (κ2) is 9.87. The molecule has 2 aliphatic rings. The van der Waals surface area contributed by atoms with E-state index in [0.29, 0.717) is 54.9 Å². The summed E-state index contributed by atoms with van der Waals surface area (Å²) in [4.78, 5) is 33.6. The number of aldehydes is 1. The zero-order chi connectivity index (χ0) is 27.0. The Hall–Kier alpha value is -4.30. The molecule has 0 bridgehead atoms. The number of nitrogens with zero attached hydrogens (tertiary/aromatic N) is 7. The zero-order valence-electron chi connectivity index (χ0n) is 21.4. The van der Waals surface area contributed by atoms with Gasteiger partial charge in [0.15, 0.2) is 0 Å². The number of rotatable bonds is 7. The molecule has 0 saturated carbocycles. The van der Waals surface area contributed by atoms with Crippen molar-refractivity contribution in [2.45, 2.75) is 12.6 Å². The highest BCUT2D eigenvalue weighted by Gasteiger charge is 2.52. The number of hydrogen-bond donors (Lipinski definition) is 0. The molecular formula is C27H28FN7O3. The summed E-state index contributed by atoms with van der Waals surface area (Å²) < 4.78 is 22.3. The van der Waals surface area contributed by atoms with Gasteiger partial charge in [-0.25, -0.2) is 13.9 Å². The largest absolute Gasteiger partial charge is 0.494 e. The topological polar surface area (TPSA) is 107 Å². The molecule has 5 rings (SSSR count). The Labute approximate surface area is 219 Å². The van der Waals surface area contributed by atoms with Crippen LogP contribution in [-0.2, 0) is 9.59 Å². The van der Waals surface area contributed by atoms with Gasteiger partial charge in [0, 0.05) is 69.3 Å². The predicted octanol–water partition coefficient (Wildman–Crippen LogP) is 2.01. The minimum Gasteiger partial charge on any atom is -0.494 e. The van der Waals surface area contributed by atoms with Crippen molar-refractivity contribution in [2.75, 3.05) is 57.8 Å². The third kappa shape index (κ3) is 4.48. The van der Waals surface area contributed by atoms with Crippen LogP contribution < -0.4 is 9.64 Å². The van der Waals surface area contributed by atoms with Crippen molar-refractivity contribution in [3.8, 4) is 22.9 Å². The molecule has 0 unspecified atom stereocenters. The monoisotopic (exact) mass is 517 g/mol. The summed E-state index contributed by atoms with van der Waals surface area (Å²) >= 11 is 0. The Bertz CT molecular complexity index is 1460. The maximum atomic E-state index is 15.1. The highest BCUT2D eigenvalue weighted by Crippen LogP contribution is 2.33. The summed E-state index contributed by atoms with van der Waals surface area (Å²) in [5, 5.41) is 13.6. The van der Waals surface area contributed by atoms with E-state index in [4.69, 9.17) is 4.74 Å². The lowest BCUT2D eigenvalue weighted by molar-refractivity contribution is -0.156. The minimum absolute atomic E-state index is 0.0198. The van der Waals surface area contributed by atoms with Crippen LogP contribution in [0.1, 0.15) is 11.1 Å². The fraction of sp³-hybridized carbons (Fsp3) is 0.370. The molecule has 38 heavy (non-hydrogen) atoms. The van der Waals surface area contributed by atoms with E-state index in [0.717, 1.165) is 22.5 Å². The Morgan fingerprint density at radius 1 is 1.26 bits per heavy atom. The number of fused-ring (bicyclic) bond motifs is 1. The van der Waals surface area contributed by atoms with Gasteiger partial charge in [-0.15, -0.1) is 0 Å². The van der Waals surface area contributed by atoms with Gasteiger partial charge in [0.25, 0.3) is 5.91 Å². The number of carbonyl (C=O) groups is 2. The van der Waals surface area contributed by atoms with Crippen LogP contribution in [0.3, 0.4) is 0 Å². The molecule has 0 spiro atoms. The van der Waals surface area contributed by atoms with Crippen molar-refractivity contribution in [1.82, 2.24) is 24.4 Å². The lowest BCUT2D eigenvalue weighted by Crippen LogP contribution is -2.68. The molecule has 0 atom stereocenters. The standard InChI is InChI=1S/C27H28FN7O3/c1-18(15-36)13-32-16-27(28,17-32)26(37)34-6-4-33(5-7-34)24-8-19(2)22(12-30-24)20-9-23(38-3)25-21(10-29)11-31-35(25)14-20/h8-9,11-12,14-15H,1,4-7,13,16-17H2,2-3H3. The molecular weight excluding hydrogens is 489 g/mol. The van der Waals surface area contributed by atoms with Crippen LogP contribution in [0.25, 0.3) is 16.6 Å². The number of carbonyl (C=O) groups excluding carboxylic acids is 2. The molecule has 196 valence electrons. The Morgan fingerprint density at radius 3 is 2.63 bits per heavy atom. The molecule has 10 nitrogen and oxygen atoms in total. The number of likely N-dealkylation sites (tertiary alicyclic amines) is 1. The maximum absolute atomic E-state index is 15.1. The molecule has 2 aliphatic heterocycles. The van der Waals surface area contributed by atoms with E-state index in [2.05, 4.69) is 27.6 Å². The van der Waals surface area contributed by atoms with Crippen LogP contribution in [0.2, 0.25) is 0 Å². The van der Waals surface area contributed by atoms with Crippen LogP contribution in [0.5, 0.6) is 5.75 Å². The van der Waals surface area contributed by atoms with Gasteiger partial charge < -0.3 is 14.5 Å². The summed E-state index contributed by atoms with van der Waals surface area (Å²) in [6.07, 6.45) is 5.80. The first-order chi connectivity index (χ1) is 18.3. The summed E-state index contributed by atoms with van der Waals surface area (Å²) in [5.74, 6) is 0.844. The van der Waals surface area contributed by atoms with Gasteiger partial charge in [-0.2, -0.15) is 10.4 Å². The van der Waals surface area contributed by atoms with Gasteiger partial charge in [0.1, 0.15) is 35.0 Å². The molecule has 11 heteroatoms. The second-order valence-electron chi connectivity index (χ2n) is 9.78. The van der Waals surface area contributed by atoms with E-state index in [1.807, 2.05) is 25.3 Å². The zero-order valence-corrected chi connectivity index (χ0v) is 21.4. The molecule has 2 saturated heterocycles. The molecule has 0 radical (unpaired) electrons. The van der Waals surface area contributed by atoms with Crippen LogP contribution >= 0.6 is 0 Å². The number of aryl methyl sites for hydroxylation is 1. The van der Waals surface area contributed by atoms with Gasteiger partial charge in [0.05, 0.1) is 13.3 Å². The number of methoxy groups -OCH3 is 1. The number of piperazine rings is 1. The van der Waals surface area contributed by atoms with Gasteiger partial charge in [-0.05, 0) is 30.2 Å². The predicted molar refractivity (Wildman–Crippen MR) is 139 cm³/mol. The first-order valence-corrected chi connectivity index (χ1v) is 12.3. The number of alkyl halides is 1. The quantitative estimate of drug-likeness (QED) is 0.346. The average molecular weight is 518 g/mol. The number of hydrogen-bond acceptors (Lipinski definition) is 8. The summed E-state index contributed by atoms with van der Waals surface area (Å²) in [5.41, 5.74) is 2.27. The second-order valence-corrected chi connectivity index (χ2v) is 9.78. The fourth-order valence-corrected chi connectivity index (χ4v) is 5.14. The molecule has 3 aromatic rings. The normalized spacial score (nSPS) is 17.1. The van der Waals surface area contributed by atoms with Crippen molar-refractivity contribution in [3.05, 3.63) is 54.0 Å². The highest BCUT2D eigenvalue weighted by atomic mass is 19.1. The first-order valence-electron chi connectivity index (χ1n) is 12.3. The number of aromatic nitrogens is 3. The van der Waals surface area contributed by atoms with E-state index in [9.17, 15) is 14.9 Å². The van der Waals surface area contributed by atoms with Crippen molar-refractivity contribution in [1.29, 1.82) is 5.26 Å². The maximum Gasteiger partial charge on any atom is 0.263 e. The molecule has 2 fully saturated rings. The number of anilines is 1. The van der Waals surface area contributed by atoms with E-state index in [1.54, 1.807) is 27.6 Å². The minimum atomic E-state index is -1.91. The Kier molecular flexibility index (Phi) is 6.59. The van der Waals surface area contributed by atoms with Crippen LogP contribution in [-0.4, -0.2) is 95.2 Å². The van der Waals surface area contributed by atoms with E-state index in [1.165, 1.54) is 6.20 Å². The van der Waals surface area contributed by atoms with Crippen LogP contribution in [0.15, 0.2) is 42.9 Å². The third-order valence-corrected chi connectivity index (χ3v) is 7.14. The molecule has 0 N–H and O–H groups in total. The van der Waals surface area contributed by atoms with E-state index >= 15 is 4.39 Å². The molecule has 0 aromatic carbocycles. The van der Waals surface area contributed by atoms with Crippen LogP contribution in [0.4, 0.5) is 10.2 Å². The first kappa shape index (κ1) is 25.4. The highest BCUT2D eigenvalue weighted by molar-refractivity contribution is 5.87. The molecule has 3 aromatic heterocycles. The molecule has 0 aliphatic carbocycles. The number of nitriles is 1. The SMILES string of the molecule is C=C(C=O)CN1CC(F)(C(=O)N2CCN(c3cc(C)c(-c4cc(OC)c5c(C#N)cnn5c4)cn3)CC2)C1. The fourth-order valence-electron chi connectivity index (χ4n) is 5.14. The molecule has 1 amide bonds. The summed E-state index contributed by atoms with van der Waals surface area (Å²) in [6, 6.07) is 6.00.